The van der Waals surface area contributed by atoms with Gasteiger partial charge in [0.25, 0.3) is 0 Å². The molecule has 1 aliphatic carbocycles. The Hall–Kier alpha value is -2.04. The minimum atomic E-state index is -0.794. The molecule has 1 heterocycles. The van der Waals surface area contributed by atoms with E-state index in [0.29, 0.717) is 0 Å². The highest BCUT2D eigenvalue weighted by Gasteiger charge is 2.51. The summed E-state index contributed by atoms with van der Waals surface area (Å²) in [5, 5.41) is 0. The molecule has 0 unspecified atom stereocenters. The van der Waals surface area contributed by atoms with Crippen molar-refractivity contribution in [2.24, 2.45) is 11.3 Å². The van der Waals surface area contributed by atoms with Gasteiger partial charge in [-0.25, -0.2) is 4.79 Å². The number of methoxy groups -OCH3 is 1. The quantitative estimate of drug-likeness (QED) is 0.799. The number of cyclic esters (lactones) is 1. The Morgan fingerprint density at radius 2 is 1.95 bits per heavy atom. The van der Waals surface area contributed by atoms with E-state index in [0.717, 1.165) is 17.7 Å². The third kappa shape index (κ3) is 2.67. The summed E-state index contributed by atoms with van der Waals surface area (Å²) in [5.74, 6) is 0.0354. The molecule has 1 aromatic rings. The van der Waals surface area contributed by atoms with Crippen LogP contribution in [0.2, 0.25) is 0 Å². The molecule has 3 rings (SSSR count). The monoisotopic (exact) mass is 304 g/mol. The summed E-state index contributed by atoms with van der Waals surface area (Å²) in [5.41, 5.74) is 0.632. The van der Waals surface area contributed by atoms with Crippen LogP contribution in [0.5, 0.6) is 5.75 Å². The van der Waals surface area contributed by atoms with Crippen LogP contribution in [-0.2, 0) is 19.1 Å². The van der Waals surface area contributed by atoms with E-state index in [1.165, 1.54) is 0 Å². The van der Waals surface area contributed by atoms with Crippen LogP contribution < -0.4 is 4.74 Å². The van der Waals surface area contributed by atoms with E-state index in [1.807, 2.05) is 38.1 Å². The van der Waals surface area contributed by atoms with Gasteiger partial charge in [0, 0.05) is 5.41 Å². The lowest BCUT2D eigenvalue weighted by Gasteiger charge is -2.21. The zero-order valence-electron chi connectivity index (χ0n) is 13.0. The Labute approximate surface area is 129 Å². The van der Waals surface area contributed by atoms with Crippen molar-refractivity contribution in [3.05, 3.63) is 29.8 Å². The minimum absolute atomic E-state index is 0.166. The van der Waals surface area contributed by atoms with Crippen molar-refractivity contribution in [2.45, 2.75) is 32.3 Å². The lowest BCUT2D eigenvalue weighted by atomic mass is 9.90. The van der Waals surface area contributed by atoms with Crippen LogP contribution in [0.4, 0.5) is 0 Å². The molecule has 1 aliphatic heterocycles. The number of carbonyl (C=O) groups is 2. The van der Waals surface area contributed by atoms with Crippen molar-refractivity contribution >= 4 is 11.9 Å². The molecular formula is C17H20O5. The van der Waals surface area contributed by atoms with Crippen LogP contribution in [-0.4, -0.2) is 31.8 Å². The molecule has 0 bridgehead atoms. The first-order valence-electron chi connectivity index (χ1n) is 7.43. The summed E-state index contributed by atoms with van der Waals surface area (Å²) in [6, 6.07) is 7.69. The molecule has 0 N–H and O–H groups in total. The standard InChI is InChI=1S/C17H20O5/c1-17(2)9-21-16(19)14(17)22-15(18)13-8-12(13)10-4-6-11(20-3)7-5-10/h4-7,12-14H,8-9H2,1-3H3/t12-,13-,14-/m0/s1. The first kappa shape index (κ1) is 14.9. The summed E-state index contributed by atoms with van der Waals surface area (Å²) < 4.78 is 15.5. The first-order chi connectivity index (χ1) is 10.4. The van der Waals surface area contributed by atoms with E-state index in [-0.39, 0.29) is 24.4 Å². The molecular weight excluding hydrogens is 284 g/mol. The summed E-state index contributed by atoms with van der Waals surface area (Å²) in [7, 11) is 1.62. The van der Waals surface area contributed by atoms with Gasteiger partial charge in [-0.15, -0.1) is 0 Å². The average molecular weight is 304 g/mol. The number of hydrogen-bond donors (Lipinski definition) is 0. The van der Waals surface area contributed by atoms with Gasteiger partial charge in [-0.2, -0.15) is 0 Å². The Bertz CT molecular complexity index is 590. The fraction of sp³-hybridized carbons (Fsp3) is 0.529. The van der Waals surface area contributed by atoms with Crippen molar-refractivity contribution in [3.8, 4) is 5.75 Å². The van der Waals surface area contributed by atoms with Crippen molar-refractivity contribution in [1.82, 2.24) is 0 Å². The fourth-order valence-corrected chi connectivity index (χ4v) is 2.81. The Morgan fingerprint density at radius 3 is 2.50 bits per heavy atom. The molecule has 0 radical (unpaired) electrons. The van der Waals surface area contributed by atoms with Crippen molar-refractivity contribution in [2.75, 3.05) is 13.7 Å². The van der Waals surface area contributed by atoms with Gasteiger partial charge in [0.2, 0.25) is 6.10 Å². The minimum Gasteiger partial charge on any atom is -0.497 e. The van der Waals surface area contributed by atoms with Gasteiger partial charge in [-0.1, -0.05) is 26.0 Å². The highest BCUT2D eigenvalue weighted by atomic mass is 16.6. The number of rotatable bonds is 4. The van der Waals surface area contributed by atoms with E-state index >= 15 is 0 Å². The van der Waals surface area contributed by atoms with Gasteiger partial charge < -0.3 is 14.2 Å². The average Bonchev–Trinajstić information content (AvgIpc) is 3.26. The SMILES string of the molecule is COc1ccc([C@@H]2C[C@@H]2C(=O)O[C@H]2C(=O)OCC2(C)C)cc1. The second-order valence-electron chi connectivity index (χ2n) is 6.64. The van der Waals surface area contributed by atoms with Gasteiger partial charge in [-0.05, 0) is 30.0 Å². The Balaban J connectivity index is 1.62. The van der Waals surface area contributed by atoms with E-state index in [1.54, 1.807) is 7.11 Å². The molecule has 0 spiro atoms. The molecule has 1 saturated carbocycles. The second-order valence-corrected chi connectivity index (χ2v) is 6.64. The molecule has 1 saturated heterocycles. The predicted molar refractivity (Wildman–Crippen MR) is 78.5 cm³/mol. The topological polar surface area (TPSA) is 61.8 Å². The van der Waals surface area contributed by atoms with Gasteiger partial charge in [0.1, 0.15) is 12.4 Å². The number of esters is 2. The zero-order chi connectivity index (χ0) is 15.9. The fourth-order valence-electron chi connectivity index (χ4n) is 2.81. The van der Waals surface area contributed by atoms with Crippen LogP contribution in [0.3, 0.4) is 0 Å². The third-order valence-corrected chi connectivity index (χ3v) is 4.38. The Kier molecular flexibility index (Phi) is 3.59. The van der Waals surface area contributed by atoms with Gasteiger partial charge in [-0.3, -0.25) is 4.79 Å². The van der Waals surface area contributed by atoms with Crippen molar-refractivity contribution < 1.29 is 23.8 Å². The Morgan fingerprint density at radius 1 is 1.27 bits per heavy atom. The maximum atomic E-state index is 12.2. The molecule has 118 valence electrons. The highest BCUT2D eigenvalue weighted by molar-refractivity contribution is 5.84. The van der Waals surface area contributed by atoms with E-state index in [2.05, 4.69) is 0 Å². The molecule has 0 amide bonds. The number of ether oxygens (including phenoxy) is 3. The molecule has 5 nitrogen and oxygen atoms in total. The normalized spacial score (nSPS) is 28.9. The smallest absolute Gasteiger partial charge is 0.348 e. The van der Waals surface area contributed by atoms with E-state index < -0.39 is 17.5 Å². The summed E-state index contributed by atoms with van der Waals surface area (Å²) in [6.45, 7) is 4.02. The first-order valence-corrected chi connectivity index (χ1v) is 7.43. The lowest BCUT2D eigenvalue weighted by molar-refractivity contribution is -0.164. The maximum Gasteiger partial charge on any atom is 0.348 e. The molecule has 3 atom stereocenters. The van der Waals surface area contributed by atoms with Gasteiger partial charge in [0.15, 0.2) is 0 Å². The lowest BCUT2D eigenvalue weighted by Crippen LogP contribution is -2.35. The van der Waals surface area contributed by atoms with E-state index in [4.69, 9.17) is 14.2 Å². The molecule has 1 aromatic carbocycles. The van der Waals surface area contributed by atoms with Crippen LogP contribution in [0.15, 0.2) is 24.3 Å². The van der Waals surface area contributed by atoms with Crippen molar-refractivity contribution in [3.63, 3.8) is 0 Å². The van der Waals surface area contributed by atoms with Crippen molar-refractivity contribution in [1.29, 1.82) is 0 Å². The highest BCUT2D eigenvalue weighted by Crippen LogP contribution is 2.49. The molecule has 22 heavy (non-hydrogen) atoms. The molecule has 0 aromatic heterocycles. The summed E-state index contributed by atoms with van der Waals surface area (Å²) in [6.07, 6.45) is -0.0370. The number of hydrogen-bond acceptors (Lipinski definition) is 5. The predicted octanol–water partition coefficient (Wildman–Crippen LogP) is 2.29. The largest absolute Gasteiger partial charge is 0.497 e. The number of benzene rings is 1. The van der Waals surface area contributed by atoms with Gasteiger partial charge >= 0.3 is 11.9 Å². The zero-order valence-corrected chi connectivity index (χ0v) is 13.0. The van der Waals surface area contributed by atoms with Crippen LogP contribution >= 0.6 is 0 Å². The van der Waals surface area contributed by atoms with Crippen LogP contribution in [0.25, 0.3) is 0 Å². The van der Waals surface area contributed by atoms with E-state index in [9.17, 15) is 9.59 Å². The van der Waals surface area contributed by atoms with Crippen LogP contribution in [0, 0.1) is 11.3 Å². The third-order valence-electron chi connectivity index (χ3n) is 4.38. The van der Waals surface area contributed by atoms with Gasteiger partial charge in [0.05, 0.1) is 13.0 Å². The summed E-state index contributed by atoms with van der Waals surface area (Å²) in [4.78, 5) is 23.9. The second kappa shape index (κ2) is 5.30. The number of carbonyl (C=O) groups excluding carboxylic acids is 2. The van der Waals surface area contributed by atoms with Crippen LogP contribution in [0.1, 0.15) is 31.7 Å². The summed E-state index contributed by atoms with van der Waals surface area (Å²) >= 11 is 0. The maximum absolute atomic E-state index is 12.2. The molecule has 5 heteroatoms. The molecule has 2 fully saturated rings. The molecule has 2 aliphatic rings.